The van der Waals surface area contributed by atoms with Gasteiger partial charge in [-0.2, -0.15) is 0 Å². The molecule has 2 N–H and O–H groups in total. The average molecular weight is 225 g/mol. The molecular weight excluding hydrogens is 206 g/mol. The fourth-order valence-electron chi connectivity index (χ4n) is 1.26. The Kier molecular flexibility index (Phi) is 4.88. The Labute approximate surface area is 95.9 Å². The first-order chi connectivity index (χ1) is 7.15. The van der Waals surface area contributed by atoms with Crippen LogP contribution in [0.2, 0.25) is 0 Å². The molecule has 0 radical (unpaired) electrons. The highest BCUT2D eigenvalue weighted by molar-refractivity contribution is 7.99. The maximum absolute atomic E-state index is 5.85. The minimum atomic E-state index is 0.637. The van der Waals surface area contributed by atoms with Crippen molar-refractivity contribution < 1.29 is 0 Å². The molecule has 0 aliphatic carbocycles. The average Bonchev–Trinajstić information content (AvgIpc) is 2.19. The number of hydrogen-bond acceptors (Lipinski definition) is 4. The maximum atomic E-state index is 5.85. The summed E-state index contributed by atoms with van der Waals surface area (Å²) in [6.07, 6.45) is 3.59. The Bertz CT molecular complexity index is 313. The largest absolute Gasteiger partial charge is 0.383 e. The molecule has 0 bridgehead atoms. The number of aromatic nitrogens is 2. The fourth-order valence-corrected chi connectivity index (χ4v) is 2.26. The van der Waals surface area contributed by atoms with Crippen LogP contribution in [0.25, 0.3) is 0 Å². The second-order valence-corrected chi connectivity index (χ2v) is 5.01. The van der Waals surface area contributed by atoms with E-state index in [4.69, 9.17) is 5.73 Å². The summed E-state index contributed by atoms with van der Waals surface area (Å²) in [4.78, 5) is 8.34. The van der Waals surface area contributed by atoms with Gasteiger partial charge in [0.05, 0.1) is 0 Å². The summed E-state index contributed by atoms with van der Waals surface area (Å²) in [5.74, 6) is 2.38. The minimum Gasteiger partial charge on any atom is -0.383 e. The summed E-state index contributed by atoms with van der Waals surface area (Å²) < 4.78 is 0. The summed E-state index contributed by atoms with van der Waals surface area (Å²) in [5, 5.41) is 1.05. The third-order valence-corrected chi connectivity index (χ3v) is 3.45. The predicted molar refractivity (Wildman–Crippen MR) is 66.0 cm³/mol. The van der Waals surface area contributed by atoms with E-state index in [9.17, 15) is 0 Å². The zero-order valence-corrected chi connectivity index (χ0v) is 10.5. The molecule has 1 aromatic rings. The first-order valence-corrected chi connectivity index (χ1v) is 6.35. The number of nitrogens with zero attached hydrogens (tertiary/aromatic N) is 2. The summed E-state index contributed by atoms with van der Waals surface area (Å²) in [7, 11) is 0. The molecule has 0 spiro atoms. The number of nitrogens with two attached hydrogens (primary N) is 1. The van der Waals surface area contributed by atoms with Crippen molar-refractivity contribution in [3.63, 3.8) is 0 Å². The van der Waals surface area contributed by atoms with Crippen molar-refractivity contribution in [2.24, 2.45) is 5.92 Å². The molecule has 0 unspecified atom stereocenters. The number of nitrogen functional groups attached to an aromatic ring is 1. The minimum absolute atomic E-state index is 0.637. The van der Waals surface area contributed by atoms with Gasteiger partial charge >= 0.3 is 0 Å². The molecule has 1 rings (SSSR count). The second-order valence-electron chi connectivity index (χ2n) is 4.00. The summed E-state index contributed by atoms with van der Waals surface area (Å²) >= 11 is 1.78. The van der Waals surface area contributed by atoms with E-state index in [1.165, 1.54) is 0 Å². The van der Waals surface area contributed by atoms with Crippen molar-refractivity contribution in [2.45, 2.75) is 38.6 Å². The lowest BCUT2D eigenvalue weighted by atomic mass is 10.2. The Hall–Kier alpha value is -0.770. The van der Waals surface area contributed by atoms with Crippen molar-refractivity contribution in [3.8, 4) is 0 Å². The van der Waals surface area contributed by atoms with Gasteiger partial charge in [-0.1, -0.05) is 27.2 Å². The van der Waals surface area contributed by atoms with Gasteiger partial charge in [-0.25, -0.2) is 9.97 Å². The third kappa shape index (κ3) is 3.70. The van der Waals surface area contributed by atoms with Crippen LogP contribution in [-0.4, -0.2) is 15.7 Å². The highest BCUT2D eigenvalue weighted by Gasteiger charge is 2.09. The van der Waals surface area contributed by atoms with Crippen LogP contribution in [0.5, 0.6) is 0 Å². The zero-order chi connectivity index (χ0) is 11.3. The molecule has 0 saturated heterocycles. The van der Waals surface area contributed by atoms with Crippen molar-refractivity contribution in [2.75, 3.05) is 11.5 Å². The normalized spacial score (nSPS) is 10.9. The maximum Gasteiger partial charge on any atom is 0.131 e. The lowest BCUT2D eigenvalue weighted by Crippen LogP contribution is -2.03. The molecule has 1 aromatic heterocycles. The first kappa shape index (κ1) is 12.3. The molecule has 15 heavy (non-hydrogen) atoms. The molecule has 84 valence electrons. The smallest absolute Gasteiger partial charge is 0.131 e. The monoisotopic (exact) mass is 225 g/mol. The van der Waals surface area contributed by atoms with E-state index in [2.05, 4.69) is 30.7 Å². The van der Waals surface area contributed by atoms with Gasteiger partial charge in [-0.3, -0.25) is 0 Å². The second kappa shape index (κ2) is 5.95. The fraction of sp³-hybridized carbons (Fsp3) is 0.636. The molecule has 0 aliphatic rings. The van der Waals surface area contributed by atoms with Gasteiger partial charge in [0.2, 0.25) is 0 Å². The van der Waals surface area contributed by atoms with E-state index in [0.29, 0.717) is 11.7 Å². The van der Waals surface area contributed by atoms with E-state index >= 15 is 0 Å². The lowest BCUT2D eigenvalue weighted by Gasteiger charge is -2.10. The standard InChI is InChI=1S/C11H19N3S/c1-4-5-9-10(12)13-7-14-11(9)15-6-8(2)3/h7-8H,4-6H2,1-3H3,(H2,12,13,14). The summed E-state index contributed by atoms with van der Waals surface area (Å²) in [6, 6.07) is 0. The highest BCUT2D eigenvalue weighted by Crippen LogP contribution is 2.25. The Balaban J connectivity index is 2.80. The topological polar surface area (TPSA) is 51.8 Å². The SMILES string of the molecule is CCCc1c(N)ncnc1SCC(C)C. The number of anilines is 1. The Morgan fingerprint density at radius 1 is 1.40 bits per heavy atom. The van der Waals surface area contributed by atoms with E-state index in [-0.39, 0.29) is 0 Å². The quantitative estimate of drug-likeness (QED) is 0.618. The van der Waals surface area contributed by atoms with E-state index in [1.807, 2.05) is 0 Å². The Morgan fingerprint density at radius 3 is 2.73 bits per heavy atom. The zero-order valence-electron chi connectivity index (χ0n) is 9.66. The van der Waals surface area contributed by atoms with E-state index in [1.54, 1.807) is 18.1 Å². The number of rotatable bonds is 5. The van der Waals surface area contributed by atoms with Crippen LogP contribution < -0.4 is 5.73 Å². The van der Waals surface area contributed by atoms with Crippen LogP contribution in [0, 0.1) is 5.92 Å². The molecule has 0 aromatic carbocycles. The lowest BCUT2D eigenvalue weighted by molar-refractivity contribution is 0.748. The number of thioether (sulfide) groups is 1. The van der Waals surface area contributed by atoms with E-state index < -0.39 is 0 Å². The molecule has 3 nitrogen and oxygen atoms in total. The van der Waals surface area contributed by atoms with Crippen molar-refractivity contribution in [1.82, 2.24) is 9.97 Å². The van der Waals surface area contributed by atoms with Gasteiger partial charge in [0.25, 0.3) is 0 Å². The molecule has 0 fully saturated rings. The molecule has 0 atom stereocenters. The van der Waals surface area contributed by atoms with Crippen LogP contribution in [0.1, 0.15) is 32.8 Å². The first-order valence-electron chi connectivity index (χ1n) is 5.37. The van der Waals surface area contributed by atoms with Crippen LogP contribution in [0.4, 0.5) is 5.82 Å². The van der Waals surface area contributed by atoms with Crippen LogP contribution in [0.3, 0.4) is 0 Å². The van der Waals surface area contributed by atoms with Crippen molar-refractivity contribution >= 4 is 17.6 Å². The van der Waals surface area contributed by atoms with Crippen LogP contribution >= 0.6 is 11.8 Å². The molecule has 0 aliphatic heterocycles. The highest BCUT2D eigenvalue weighted by atomic mass is 32.2. The van der Waals surface area contributed by atoms with Gasteiger partial charge in [-0.05, 0) is 12.3 Å². The molecule has 1 heterocycles. The van der Waals surface area contributed by atoms with Gasteiger partial charge in [0.1, 0.15) is 17.2 Å². The summed E-state index contributed by atoms with van der Waals surface area (Å²) in [5.41, 5.74) is 6.97. The molecular formula is C11H19N3S. The van der Waals surface area contributed by atoms with Crippen LogP contribution in [0.15, 0.2) is 11.4 Å². The van der Waals surface area contributed by atoms with Crippen molar-refractivity contribution in [1.29, 1.82) is 0 Å². The predicted octanol–water partition coefficient (Wildman–Crippen LogP) is 2.76. The summed E-state index contributed by atoms with van der Waals surface area (Å²) in [6.45, 7) is 6.55. The Morgan fingerprint density at radius 2 is 2.13 bits per heavy atom. The van der Waals surface area contributed by atoms with Crippen molar-refractivity contribution in [3.05, 3.63) is 11.9 Å². The van der Waals surface area contributed by atoms with Gasteiger partial charge in [0, 0.05) is 11.3 Å². The van der Waals surface area contributed by atoms with E-state index in [0.717, 1.165) is 29.2 Å². The third-order valence-electron chi connectivity index (χ3n) is 1.99. The van der Waals surface area contributed by atoms with Crippen LogP contribution in [-0.2, 0) is 6.42 Å². The van der Waals surface area contributed by atoms with Gasteiger partial charge in [0.15, 0.2) is 0 Å². The molecule has 4 heteroatoms. The number of hydrogen-bond donors (Lipinski definition) is 1. The molecule has 0 amide bonds. The van der Waals surface area contributed by atoms with Gasteiger partial charge < -0.3 is 5.73 Å². The van der Waals surface area contributed by atoms with Gasteiger partial charge in [-0.15, -0.1) is 11.8 Å². The molecule has 0 saturated carbocycles.